The van der Waals surface area contributed by atoms with Gasteiger partial charge in [0, 0.05) is 4.88 Å². The van der Waals surface area contributed by atoms with Crippen molar-refractivity contribution in [2.45, 2.75) is 19.8 Å². The van der Waals surface area contributed by atoms with Gasteiger partial charge >= 0.3 is 0 Å². The summed E-state index contributed by atoms with van der Waals surface area (Å²) in [6.45, 7) is 2.05. The third kappa shape index (κ3) is 1.52. The van der Waals surface area contributed by atoms with Crippen LogP contribution in [0.1, 0.15) is 18.2 Å². The molecule has 0 radical (unpaired) electrons. The highest BCUT2D eigenvalue weighted by Gasteiger charge is 1.99. The van der Waals surface area contributed by atoms with E-state index >= 15 is 0 Å². The Hall–Kier alpha value is -0.370. The molecule has 2 heteroatoms. The van der Waals surface area contributed by atoms with E-state index in [4.69, 9.17) is 0 Å². The second kappa shape index (κ2) is 2.97. The fraction of sp³-hybridized carbons (Fsp3) is 0.429. The first-order valence-corrected chi connectivity index (χ1v) is 3.94. The topological polar surface area (TPSA) is 0 Å². The van der Waals surface area contributed by atoms with Crippen molar-refractivity contribution in [3.63, 3.8) is 0 Å². The van der Waals surface area contributed by atoms with E-state index in [1.54, 1.807) is 5.38 Å². The molecule has 0 N–H and O–H groups in total. The number of hydrogen-bond acceptors (Lipinski definition) is 1. The zero-order chi connectivity index (χ0) is 6.69. The first kappa shape index (κ1) is 6.75. The molecule has 0 atom stereocenters. The van der Waals surface area contributed by atoms with Crippen LogP contribution in [-0.4, -0.2) is 0 Å². The molecular formula is C7H9FS. The Bertz CT molecular complexity index is 181. The van der Waals surface area contributed by atoms with Crippen LogP contribution in [0.3, 0.4) is 0 Å². The SMILES string of the molecule is CCCc1sccc1F. The smallest absolute Gasteiger partial charge is 0.137 e. The average Bonchev–Trinajstić information content (AvgIpc) is 2.18. The van der Waals surface area contributed by atoms with Crippen LogP contribution in [0.4, 0.5) is 4.39 Å². The molecule has 0 aliphatic carbocycles. The number of hydrogen-bond donors (Lipinski definition) is 0. The highest BCUT2D eigenvalue weighted by Crippen LogP contribution is 2.15. The Morgan fingerprint density at radius 2 is 2.44 bits per heavy atom. The molecule has 1 rings (SSSR count). The lowest BCUT2D eigenvalue weighted by molar-refractivity contribution is 0.616. The van der Waals surface area contributed by atoms with Gasteiger partial charge in [0.15, 0.2) is 0 Å². The summed E-state index contributed by atoms with van der Waals surface area (Å²) in [6.07, 6.45) is 1.90. The van der Waals surface area contributed by atoms with E-state index in [-0.39, 0.29) is 5.82 Å². The molecule has 0 amide bonds. The van der Waals surface area contributed by atoms with E-state index in [0.717, 1.165) is 17.7 Å². The minimum atomic E-state index is -0.0400. The minimum absolute atomic E-state index is 0.0400. The summed E-state index contributed by atoms with van der Waals surface area (Å²) < 4.78 is 12.5. The van der Waals surface area contributed by atoms with Crippen molar-refractivity contribution in [2.24, 2.45) is 0 Å². The quantitative estimate of drug-likeness (QED) is 0.598. The van der Waals surface area contributed by atoms with Gasteiger partial charge in [-0.1, -0.05) is 13.3 Å². The van der Waals surface area contributed by atoms with E-state index < -0.39 is 0 Å². The van der Waals surface area contributed by atoms with Gasteiger partial charge in [-0.25, -0.2) is 4.39 Å². The number of thiophene rings is 1. The van der Waals surface area contributed by atoms with Crippen LogP contribution >= 0.6 is 11.3 Å². The van der Waals surface area contributed by atoms with E-state index in [2.05, 4.69) is 6.92 Å². The third-order valence-corrected chi connectivity index (χ3v) is 2.12. The Labute approximate surface area is 58.3 Å². The molecule has 0 bridgehead atoms. The van der Waals surface area contributed by atoms with Crippen molar-refractivity contribution in [3.8, 4) is 0 Å². The molecule has 1 aromatic rings. The van der Waals surface area contributed by atoms with Gasteiger partial charge in [-0.05, 0) is 17.9 Å². The predicted molar refractivity (Wildman–Crippen MR) is 38.3 cm³/mol. The predicted octanol–water partition coefficient (Wildman–Crippen LogP) is 2.84. The van der Waals surface area contributed by atoms with E-state index in [9.17, 15) is 4.39 Å². The molecule has 0 aromatic carbocycles. The summed E-state index contributed by atoms with van der Waals surface area (Å²) in [5.74, 6) is -0.0400. The maximum Gasteiger partial charge on any atom is 0.137 e. The Morgan fingerprint density at radius 1 is 1.67 bits per heavy atom. The second-order valence-corrected chi connectivity index (χ2v) is 2.94. The standard InChI is InChI=1S/C7H9FS/c1-2-3-7-6(8)4-5-9-7/h4-5H,2-3H2,1H3. The maximum absolute atomic E-state index is 12.5. The first-order valence-electron chi connectivity index (χ1n) is 3.06. The van der Waals surface area contributed by atoms with E-state index in [0.29, 0.717) is 0 Å². The summed E-state index contributed by atoms with van der Waals surface area (Å²) in [6, 6.07) is 1.52. The van der Waals surface area contributed by atoms with Gasteiger partial charge in [-0.15, -0.1) is 11.3 Å². The maximum atomic E-state index is 12.5. The van der Waals surface area contributed by atoms with Crippen molar-refractivity contribution in [2.75, 3.05) is 0 Å². The van der Waals surface area contributed by atoms with Crippen LogP contribution in [0.25, 0.3) is 0 Å². The third-order valence-electron chi connectivity index (χ3n) is 1.17. The Morgan fingerprint density at radius 3 is 2.89 bits per heavy atom. The van der Waals surface area contributed by atoms with Crippen LogP contribution in [0, 0.1) is 5.82 Å². The van der Waals surface area contributed by atoms with Gasteiger partial charge in [0.05, 0.1) is 0 Å². The van der Waals surface area contributed by atoms with Crippen molar-refractivity contribution < 1.29 is 4.39 Å². The highest BCUT2D eigenvalue weighted by atomic mass is 32.1. The van der Waals surface area contributed by atoms with Crippen molar-refractivity contribution in [3.05, 3.63) is 22.1 Å². The summed E-state index contributed by atoms with van der Waals surface area (Å²) in [5.41, 5.74) is 0. The zero-order valence-electron chi connectivity index (χ0n) is 5.36. The Balaban J connectivity index is 2.69. The minimum Gasteiger partial charge on any atom is -0.206 e. The van der Waals surface area contributed by atoms with Gasteiger partial charge in [0.1, 0.15) is 5.82 Å². The number of rotatable bonds is 2. The van der Waals surface area contributed by atoms with Crippen LogP contribution in [0.15, 0.2) is 11.4 Å². The molecule has 1 aromatic heterocycles. The highest BCUT2D eigenvalue weighted by molar-refractivity contribution is 7.09. The van der Waals surface area contributed by atoms with Crippen molar-refractivity contribution in [1.82, 2.24) is 0 Å². The molecule has 0 spiro atoms. The summed E-state index contributed by atoms with van der Waals surface area (Å²) in [4.78, 5) is 0.887. The lowest BCUT2D eigenvalue weighted by Gasteiger charge is -1.89. The first-order chi connectivity index (χ1) is 4.34. The van der Waals surface area contributed by atoms with Crippen molar-refractivity contribution in [1.29, 1.82) is 0 Å². The number of halogens is 1. The zero-order valence-corrected chi connectivity index (χ0v) is 6.17. The molecular weight excluding hydrogens is 135 g/mol. The van der Waals surface area contributed by atoms with Gasteiger partial charge in [-0.2, -0.15) is 0 Å². The molecule has 0 saturated carbocycles. The average molecular weight is 144 g/mol. The fourth-order valence-corrected chi connectivity index (χ4v) is 1.58. The molecule has 0 aliphatic rings. The normalized spacial score (nSPS) is 10.0. The molecule has 0 saturated heterocycles. The molecule has 9 heavy (non-hydrogen) atoms. The van der Waals surface area contributed by atoms with Crippen LogP contribution in [0.2, 0.25) is 0 Å². The summed E-state index contributed by atoms with van der Waals surface area (Å²) >= 11 is 1.50. The van der Waals surface area contributed by atoms with Gasteiger partial charge in [0.25, 0.3) is 0 Å². The molecule has 0 unspecified atom stereocenters. The fourth-order valence-electron chi connectivity index (χ4n) is 0.731. The van der Waals surface area contributed by atoms with Crippen LogP contribution < -0.4 is 0 Å². The molecule has 1 heterocycles. The van der Waals surface area contributed by atoms with E-state index in [1.165, 1.54) is 17.4 Å². The van der Waals surface area contributed by atoms with Gasteiger partial charge < -0.3 is 0 Å². The molecule has 0 aliphatic heterocycles. The summed E-state index contributed by atoms with van der Waals surface area (Å²) in [7, 11) is 0. The largest absolute Gasteiger partial charge is 0.206 e. The second-order valence-electron chi connectivity index (χ2n) is 1.94. The van der Waals surface area contributed by atoms with E-state index in [1.807, 2.05) is 0 Å². The van der Waals surface area contributed by atoms with Gasteiger partial charge in [-0.3, -0.25) is 0 Å². The lowest BCUT2D eigenvalue weighted by Crippen LogP contribution is -1.79. The molecule has 0 nitrogen and oxygen atoms in total. The molecule has 50 valence electrons. The summed E-state index contributed by atoms with van der Waals surface area (Å²) in [5, 5.41) is 1.79. The van der Waals surface area contributed by atoms with Crippen LogP contribution in [0.5, 0.6) is 0 Å². The van der Waals surface area contributed by atoms with Crippen molar-refractivity contribution >= 4 is 11.3 Å². The van der Waals surface area contributed by atoms with Gasteiger partial charge in [0.2, 0.25) is 0 Å². The Kier molecular flexibility index (Phi) is 2.22. The monoisotopic (exact) mass is 144 g/mol. The lowest BCUT2D eigenvalue weighted by atomic mass is 10.3. The van der Waals surface area contributed by atoms with Crippen LogP contribution in [-0.2, 0) is 6.42 Å². The molecule has 0 fully saturated rings. The number of aryl methyl sites for hydroxylation is 1.